The van der Waals surface area contributed by atoms with E-state index >= 15 is 0 Å². The molecule has 4 nitrogen and oxygen atoms in total. The quantitative estimate of drug-likeness (QED) is 0.728. The molecule has 1 rings (SSSR count). The fourth-order valence-corrected chi connectivity index (χ4v) is 0.963. The molecule has 1 atom stereocenters. The van der Waals surface area contributed by atoms with Crippen LogP contribution in [0.15, 0.2) is 18.5 Å². The Morgan fingerprint density at radius 3 is 2.62 bits per heavy atom. The lowest BCUT2D eigenvalue weighted by Gasteiger charge is -2.25. The summed E-state index contributed by atoms with van der Waals surface area (Å²) in [6, 6.07) is 1.64. The summed E-state index contributed by atoms with van der Waals surface area (Å²) in [4.78, 5) is 14.0. The molecule has 0 radical (unpaired) electrons. The number of nitrogens with one attached hydrogen (secondary N) is 2. The van der Waals surface area contributed by atoms with Crippen LogP contribution in [0, 0.1) is 0 Å². The van der Waals surface area contributed by atoms with E-state index in [0.29, 0.717) is 12.5 Å². The maximum atomic E-state index is 12.4. The lowest BCUT2D eigenvalue weighted by Crippen LogP contribution is -2.61. The van der Waals surface area contributed by atoms with Crippen LogP contribution in [0.25, 0.3) is 0 Å². The minimum absolute atomic E-state index is 0.00516. The Kier molecular flexibility index (Phi) is 3.27. The van der Waals surface area contributed by atoms with Gasteiger partial charge in [-0.1, -0.05) is 0 Å². The van der Waals surface area contributed by atoms with E-state index in [-0.39, 0.29) is 6.54 Å². The molecule has 0 fully saturated rings. The number of aromatic amines is 1. The van der Waals surface area contributed by atoms with E-state index in [1.807, 2.05) is 0 Å². The molecule has 0 saturated heterocycles. The van der Waals surface area contributed by atoms with Crippen LogP contribution >= 0.6 is 0 Å². The van der Waals surface area contributed by atoms with Crippen LogP contribution in [-0.2, 0) is 11.3 Å². The molecule has 0 aliphatic carbocycles. The van der Waals surface area contributed by atoms with Gasteiger partial charge in [-0.3, -0.25) is 4.79 Å². The van der Waals surface area contributed by atoms with Crippen LogP contribution in [0.2, 0.25) is 0 Å². The fraction of sp³-hybridized carbons (Fsp3) is 0.444. The van der Waals surface area contributed by atoms with Gasteiger partial charge in [0.2, 0.25) is 5.91 Å². The monoisotopic (exact) mass is 235 g/mol. The standard InChI is InChI=1S/C9H12F3N3O/c1-8(13,9(10,11)12)7(16)15-5-6-2-3-14-4-6/h2-4,14H,5,13H2,1H3,(H,15,16). The van der Waals surface area contributed by atoms with Crippen LogP contribution in [0.3, 0.4) is 0 Å². The molecule has 0 bridgehead atoms. The van der Waals surface area contributed by atoms with Gasteiger partial charge >= 0.3 is 6.18 Å². The molecule has 1 unspecified atom stereocenters. The Hall–Kier alpha value is -1.50. The molecule has 0 aliphatic rings. The van der Waals surface area contributed by atoms with Crippen molar-refractivity contribution in [2.75, 3.05) is 0 Å². The minimum Gasteiger partial charge on any atom is -0.367 e. The van der Waals surface area contributed by atoms with Gasteiger partial charge < -0.3 is 16.0 Å². The molecule has 0 saturated carbocycles. The highest BCUT2D eigenvalue weighted by atomic mass is 19.4. The molecule has 0 spiro atoms. The van der Waals surface area contributed by atoms with Gasteiger partial charge in [0.05, 0.1) is 0 Å². The maximum Gasteiger partial charge on any atom is 0.415 e. The van der Waals surface area contributed by atoms with E-state index in [0.717, 1.165) is 0 Å². The SMILES string of the molecule is CC(N)(C(=O)NCc1cc[nH]c1)C(F)(F)F. The van der Waals surface area contributed by atoms with Crippen LogP contribution in [0.4, 0.5) is 13.2 Å². The van der Waals surface area contributed by atoms with Crippen LogP contribution in [0.5, 0.6) is 0 Å². The molecule has 1 amide bonds. The zero-order chi connectivity index (χ0) is 12.4. The van der Waals surface area contributed by atoms with E-state index in [1.165, 1.54) is 0 Å². The average Bonchev–Trinajstić information content (AvgIpc) is 2.64. The van der Waals surface area contributed by atoms with Crippen molar-refractivity contribution in [2.45, 2.75) is 25.2 Å². The van der Waals surface area contributed by atoms with Crippen molar-refractivity contribution in [2.24, 2.45) is 5.73 Å². The molecule has 1 aromatic heterocycles. The van der Waals surface area contributed by atoms with Crippen molar-refractivity contribution in [1.82, 2.24) is 10.3 Å². The average molecular weight is 235 g/mol. The fourth-order valence-electron chi connectivity index (χ4n) is 0.963. The molecule has 90 valence electrons. The first-order valence-corrected chi connectivity index (χ1v) is 4.50. The highest BCUT2D eigenvalue weighted by Gasteiger charge is 2.53. The number of amides is 1. The number of alkyl halides is 3. The van der Waals surface area contributed by atoms with E-state index in [4.69, 9.17) is 5.73 Å². The van der Waals surface area contributed by atoms with Gasteiger partial charge in [0, 0.05) is 18.9 Å². The summed E-state index contributed by atoms with van der Waals surface area (Å²) in [6.45, 7) is 0.644. The summed E-state index contributed by atoms with van der Waals surface area (Å²) < 4.78 is 37.1. The van der Waals surface area contributed by atoms with Crippen LogP contribution in [0.1, 0.15) is 12.5 Å². The van der Waals surface area contributed by atoms with E-state index in [2.05, 4.69) is 10.3 Å². The molecule has 1 aromatic rings. The molecular weight excluding hydrogens is 223 g/mol. The second kappa shape index (κ2) is 4.17. The van der Waals surface area contributed by atoms with Gasteiger partial charge in [-0.25, -0.2) is 0 Å². The van der Waals surface area contributed by atoms with Crippen molar-refractivity contribution in [3.8, 4) is 0 Å². The number of carbonyl (C=O) groups is 1. The highest BCUT2D eigenvalue weighted by molar-refractivity contribution is 5.86. The number of nitrogens with two attached hydrogens (primary N) is 1. The first-order chi connectivity index (χ1) is 7.25. The first-order valence-electron chi connectivity index (χ1n) is 4.50. The topological polar surface area (TPSA) is 70.9 Å². The lowest BCUT2D eigenvalue weighted by atomic mass is 10.0. The van der Waals surface area contributed by atoms with Crippen molar-refractivity contribution in [3.63, 3.8) is 0 Å². The first kappa shape index (κ1) is 12.6. The summed E-state index contributed by atoms with van der Waals surface area (Å²) in [7, 11) is 0. The van der Waals surface area contributed by atoms with Gasteiger partial charge in [0.1, 0.15) is 0 Å². The number of H-pyrrole nitrogens is 1. The van der Waals surface area contributed by atoms with Crippen molar-refractivity contribution in [3.05, 3.63) is 24.0 Å². The van der Waals surface area contributed by atoms with E-state index in [1.54, 1.807) is 18.5 Å². The van der Waals surface area contributed by atoms with Gasteiger partial charge in [-0.15, -0.1) is 0 Å². The number of hydrogen-bond acceptors (Lipinski definition) is 2. The van der Waals surface area contributed by atoms with Gasteiger partial charge in [-0.2, -0.15) is 13.2 Å². The molecule has 0 aliphatic heterocycles. The molecule has 4 N–H and O–H groups in total. The second-order valence-electron chi connectivity index (χ2n) is 3.60. The lowest BCUT2D eigenvalue weighted by molar-refractivity contribution is -0.187. The third-order valence-corrected chi connectivity index (χ3v) is 2.18. The van der Waals surface area contributed by atoms with Crippen molar-refractivity contribution in [1.29, 1.82) is 0 Å². The number of rotatable bonds is 3. The summed E-state index contributed by atoms with van der Waals surface area (Å²) in [5.41, 5.74) is 2.73. The normalized spacial score (nSPS) is 15.6. The predicted molar refractivity (Wildman–Crippen MR) is 51.3 cm³/mol. The Balaban J connectivity index is 2.59. The highest BCUT2D eigenvalue weighted by Crippen LogP contribution is 2.27. The molecule has 0 aromatic carbocycles. The van der Waals surface area contributed by atoms with Gasteiger partial charge in [-0.05, 0) is 18.6 Å². The zero-order valence-electron chi connectivity index (χ0n) is 8.56. The summed E-state index contributed by atoms with van der Waals surface area (Å²) in [5, 5.41) is 2.13. The molecule has 7 heteroatoms. The zero-order valence-corrected chi connectivity index (χ0v) is 8.56. The second-order valence-corrected chi connectivity index (χ2v) is 3.60. The van der Waals surface area contributed by atoms with Crippen LogP contribution in [-0.4, -0.2) is 22.6 Å². The number of halogens is 3. The van der Waals surface area contributed by atoms with Crippen molar-refractivity contribution < 1.29 is 18.0 Å². The molecule has 1 heterocycles. The summed E-state index contributed by atoms with van der Waals surface area (Å²) >= 11 is 0. The largest absolute Gasteiger partial charge is 0.415 e. The van der Waals surface area contributed by atoms with Crippen molar-refractivity contribution >= 4 is 5.91 Å². The Bertz CT molecular complexity index is 357. The Labute approximate surface area is 90.0 Å². The number of carbonyl (C=O) groups excluding carboxylic acids is 1. The maximum absolute atomic E-state index is 12.4. The Morgan fingerprint density at radius 2 is 2.19 bits per heavy atom. The predicted octanol–water partition coefficient (Wildman–Crippen LogP) is 0.911. The van der Waals surface area contributed by atoms with Gasteiger partial charge in [0.15, 0.2) is 5.54 Å². The number of hydrogen-bond donors (Lipinski definition) is 3. The Morgan fingerprint density at radius 1 is 1.56 bits per heavy atom. The van der Waals surface area contributed by atoms with E-state index in [9.17, 15) is 18.0 Å². The van der Waals surface area contributed by atoms with E-state index < -0.39 is 17.6 Å². The van der Waals surface area contributed by atoms with Gasteiger partial charge in [0.25, 0.3) is 0 Å². The van der Waals surface area contributed by atoms with Crippen LogP contribution < -0.4 is 11.1 Å². The third kappa shape index (κ3) is 2.54. The number of aromatic nitrogens is 1. The minimum atomic E-state index is -4.77. The summed E-state index contributed by atoms with van der Waals surface area (Å²) in [6.07, 6.45) is -1.59. The third-order valence-electron chi connectivity index (χ3n) is 2.18. The molecule has 16 heavy (non-hydrogen) atoms. The smallest absolute Gasteiger partial charge is 0.367 e. The summed E-state index contributed by atoms with van der Waals surface area (Å²) in [5.74, 6) is -1.25. The molecular formula is C9H12F3N3O.